The highest BCUT2D eigenvalue weighted by Gasteiger charge is 2.16. The van der Waals surface area contributed by atoms with Gasteiger partial charge in [0.05, 0.1) is 12.2 Å². The first-order chi connectivity index (χ1) is 12.6. The van der Waals surface area contributed by atoms with Gasteiger partial charge in [-0.2, -0.15) is 5.10 Å². The van der Waals surface area contributed by atoms with Gasteiger partial charge in [-0.05, 0) is 38.0 Å². The van der Waals surface area contributed by atoms with E-state index < -0.39 is 0 Å². The standard InChI is InChI=1S/C20H23N5O/c1-15(24-20(26)22-13-11-17-8-4-3-5-9-17)18-14-23-25(16(18)2)19-10-6-7-12-21-19/h3-10,12,14-15H,11,13H2,1-2H3,(H2,22,24,26). The van der Waals surface area contributed by atoms with Crippen LogP contribution in [0.1, 0.15) is 29.8 Å². The molecular formula is C20H23N5O. The molecule has 0 saturated heterocycles. The van der Waals surface area contributed by atoms with Crippen LogP contribution in [0.5, 0.6) is 0 Å². The van der Waals surface area contributed by atoms with Crippen molar-refractivity contribution in [2.45, 2.75) is 26.3 Å². The van der Waals surface area contributed by atoms with E-state index in [0.717, 1.165) is 23.5 Å². The van der Waals surface area contributed by atoms with Crippen LogP contribution < -0.4 is 10.6 Å². The van der Waals surface area contributed by atoms with E-state index in [1.807, 2.05) is 50.2 Å². The summed E-state index contributed by atoms with van der Waals surface area (Å²) in [7, 11) is 0. The maximum Gasteiger partial charge on any atom is 0.315 e. The number of nitrogens with one attached hydrogen (secondary N) is 2. The molecule has 2 heterocycles. The summed E-state index contributed by atoms with van der Waals surface area (Å²) in [5, 5.41) is 10.3. The SMILES string of the molecule is Cc1c(C(C)NC(=O)NCCc2ccccc2)cnn1-c1ccccn1. The first-order valence-corrected chi connectivity index (χ1v) is 8.69. The third-order valence-corrected chi connectivity index (χ3v) is 4.27. The lowest BCUT2D eigenvalue weighted by Crippen LogP contribution is -2.38. The number of rotatable bonds is 6. The third kappa shape index (κ3) is 4.27. The minimum absolute atomic E-state index is 0.149. The zero-order valence-corrected chi connectivity index (χ0v) is 15.0. The normalized spacial score (nSPS) is 11.8. The number of benzene rings is 1. The van der Waals surface area contributed by atoms with E-state index in [2.05, 4.69) is 32.8 Å². The molecule has 6 nitrogen and oxygen atoms in total. The van der Waals surface area contributed by atoms with Gasteiger partial charge >= 0.3 is 6.03 Å². The van der Waals surface area contributed by atoms with Crippen molar-refractivity contribution < 1.29 is 4.79 Å². The molecule has 0 fully saturated rings. The number of hydrogen-bond acceptors (Lipinski definition) is 3. The van der Waals surface area contributed by atoms with Crippen LogP contribution in [-0.4, -0.2) is 27.3 Å². The molecule has 1 unspecified atom stereocenters. The third-order valence-electron chi connectivity index (χ3n) is 4.27. The average Bonchev–Trinajstić information content (AvgIpc) is 3.05. The van der Waals surface area contributed by atoms with Crippen molar-refractivity contribution in [2.24, 2.45) is 0 Å². The summed E-state index contributed by atoms with van der Waals surface area (Å²) in [6.07, 6.45) is 4.32. The Hall–Kier alpha value is -3.15. The largest absolute Gasteiger partial charge is 0.338 e. The fourth-order valence-electron chi connectivity index (χ4n) is 2.85. The highest BCUT2D eigenvalue weighted by Crippen LogP contribution is 2.19. The first-order valence-electron chi connectivity index (χ1n) is 8.69. The number of hydrogen-bond donors (Lipinski definition) is 2. The summed E-state index contributed by atoms with van der Waals surface area (Å²) in [6, 6.07) is 15.5. The molecule has 26 heavy (non-hydrogen) atoms. The van der Waals surface area contributed by atoms with Crippen LogP contribution in [0.15, 0.2) is 60.9 Å². The quantitative estimate of drug-likeness (QED) is 0.718. The topological polar surface area (TPSA) is 71.8 Å². The molecule has 6 heteroatoms. The molecule has 1 aromatic carbocycles. The van der Waals surface area contributed by atoms with Gasteiger partial charge < -0.3 is 10.6 Å². The van der Waals surface area contributed by atoms with Crippen molar-refractivity contribution in [3.63, 3.8) is 0 Å². The van der Waals surface area contributed by atoms with Crippen molar-refractivity contribution in [1.29, 1.82) is 0 Å². The number of nitrogens with zero attached hydrogens (tertiary/aromatic N) is 3. The number of amides is 2. The Labute approximate surface area is 153 Å². The molecule has 0 aliphatic carbocycles. The molecular weight excluding hydrogens is 326 g/mol. The summed E-state index contributed by atoms with van der Waals surface area (Å²) in [5.74, 6) is 0.760. The average molecular weight is 349 g/mol. The van der Waals surface area contributed by atoms with Crippen LogP contribution in [0.2, 0.25) is 0 Å². The minimum atomic E-state index is -0.182. The van der Waals surface area contributed by atoms with E-state index in [1.54, 1.807) is 17.1 Å². The molecule has 134 valence electrons. The zero-order chi connectivity index (χ0) is 18.4. The smallest absolute Gasteiger partial charge is 0.315 e. The molecule has 3 rings (SSSR count). The Balaban J connectivity index is 1.55. The Kier molecular flexibility index (Phi) is 5.63. The Morgan fingerprint density at radius 2 is 1.92 bits per heavy atom. The maximum atomic E-state index is 12.1. The molecule has 3 aromatic rings. The van der Waals surface area contributed by atoms with Crippen LogP contribution >= 0.6 is 0 Å². The Bertz CT molecular complexity index is 845. The Morgan fingerprint density at radius 1 is 1.15 bits per heavy atom. The minimum Gasteiger partial charge on any atom is -0.338 e. The van der Waals surface area contributed by atoms with Gasteiger partial charge in [0.25, 0.3) is 0 Å². The fraction of sp³-hybridized carbons (Fsp3) is 0.250. The predicted octanol–water partition coefficient (Wildman–Crippen LogP) is 3.18. The molecule has 2 amide bonds. The molecule has 0 aliphatic heterocycles. The van der Waals surface area contributed by atoms with Crippen molar-refractivity contribution in [3.8, 4) is 5.82 Å². The Morgan fingerprint density at radius 3 is 2.65 bits per heavy atom. The summed E-state index contributed by atoms with van der Waals surface area (Å²) in [5.41, 5.74) is 3.13. The van der Waals surface area contributed by atoms with Gasteiger partial charge in [-0.15, -0.1) is 0 Å². The number of carbonyl (C=O) groups excluding carboxylic acids is 1. The number of carbonyl (C=O) groups is 1. The number of aromatic nitrogens is 3. The van der Waals surface area contributed by atoms with E-state index in [0.29, 0.717) is 6.54 Å². The lowest BCUT2D eigenvalue weighted by molar-refractivity contribution is 0.238. The molecule has 0 saturated carbocycles. The van der Waals surface area contributed by atoms with Crippen LogP contribution in [0.25, 0.3) is 5.82 Å². The zero-order valence-electron chi connectivity index (χ0n) is 15.0. The first kappa shape index (κ1) is 17.7. The molecule has 1 atom stereocenters. The van der Waals surface area contributed by atoms with E-state index in [-0.39, 0.29) is 12.1 Å². The van der Waals surface area contributed by atoms with Crippen molar-refractivity contribution in [3.05, 3.63) is 77.7 Å². The monoisotopic (exact) mass is 349 g/mol. The van der Waals surface area contributed by atoms with Gasteiger partial charge in [0, 0.05) is 24.0 Å². The summed E-state index contributed by atoms with van der Waals surface area (Å²) in [4.78, 5) is 16.5. The van der Waals surface area contributed by atoms with Gasteiger partial charge in [-0.1, -0.05) is 36.4 Å². The van der Waals surface area contributed by atoms with Gasteiger partial charge in [0.1, 0.15) is 0 Å². The highest BCUT2D eigenvalue weighted by molar-refractivity contribution is 5.74. The summed E-state index contributed by atoms with van der Waals surface area (Å²) < 4.78 is 1.78. The second-order valence-electron chi connectivity index (χ2n) is 6.14. The highest BCUT2D eigenvalue weighted by atomic mass is 16.2. The summed E-state index contributed by atoms with van der Waals surface area (Å²) in [6.45, 7) is 4.51. The molecule has 0 bridgehead atoms. The van der Waals surface area contributed by atoms with Crippen molar-refractivity contribution in [1.82, 2.24) is 25.4 Å². The van der Waals surface area contributed by atoms with Crippen LogP contribution in [0.3, 0.4) is 0 Å². The van der Waals surface area contributed by atoms with Crippen molar-refractivity contribution in [2.75, 3.05) is 6.54 Å². The van der Waals surface area contributed by atoms with Crippen LogP contribution in [-0.2, 0) is 6.42 Å². The number of pyridine rings is 1. The molecule has 2 N–H and O–H groups in total. The molecule has 2 aromatic heterocycles. The van der Waals surface area contributed by atoms with Gasteiger partial charge in [-0.3, -0.25) is 0 Å². The lowest BCUT2D eigenvalue weighted by atomic mass is 10.1. The molecule has 0 radical (unpaired) electrons. The van der Waals surface area contributed by atoms with Crippen LogP contribution in [0.4, 0.5) is 4.79 Å². The lowest BCUT2D eigenvalue weighted by Gasteiger charge is -2.15. The van der Waals surface area contributed by atoms with Gasteiger partial charge in [0.2, 0.25) is 0 Å². The van der Waals surface area contributed by atoms with E-state index in [1.165, 1.54) is 5.56 Å². The summed E-state index contributed by atoms with van der Waals surface area (Å²) >= 11 is 0. The predicted molar refractivity (Wildman–Crippen MR) is 101 cm³/mol. The van der Waals surface area contributed by atoms with Crippen LogP contribution in [0, 0.1) is 6.92 Å². The molecule has 0 aliphatic rings. The van der Waals surface area contributed by atoms with Gasteiger partial charge in [-0.25, -0.2) is 14.5 Å². The fourth-order valence-corrected chi connectivity index (χ4v) is 2.85. The number of urea groups is 1. The maximum absolute atomic E-state index is 12.1. The van der Waals surface area contributed by atoms with E-state index in [4.69, 9.17) is 0 Å². The van der Waals surface area contributed by atoms with E-state index in [9.17, 15) is 4.79 Å². The van der Waals surface area contributed by atoms with Gasteiger partial charge in [0.15, 0.2) is 5.82 Å². The second-order valence-corrected chi connectivity index (χ2v) is 6.14. The van der Waals surface area contributed by atoms with Crippen molar-refractivity contribution >= 4 is 6.03 Å². The van der Waals surface area contributed by atoms with E-state index >= 15 is 0 Å². The molecule has 0 spiro atoms. The second kappa shape index (κ2) is 8.29.